The molecule has 2 saturated heterocycles. The van der Waals surface area contributed by atoms with Gasteiger partial charge in [0, 0.05) is 38.5 Å². The zero-order valence-corrected chi connectivity index (χ0v) is 14.0. The van der Waals surface area contributed by atoms with Gasteiger partial charge in [-0.05, 0) is 37.0 Å². The zero-order chi connectivity index (χ0) is 16.1. The number of nitrogens with one attached hydrogen (secondary N) is 1. The van der Waals surface area contributed by atoms with Crippen LogP contribution in [0.15, 0.2) is 24.3 Å². The van der Waals surface area contributed by atoms with Crippen LogP contribution in [0.2, 0.25) is 0 Å². The fraction of sp³-hybridized carbons (Fsp3) is 0.611. The topological polar surface area (TPSA) is 44.8 Å². The van der Waals surface area contributed by atoms with Crippen molar-refractivity contribution in [3.8, 4) is 0 Å². The fourth-order valence-corrected chi connectivity index (χ4v) is 3.23. The molecule has 3 rings (SSSR count). The number of amides is 2. The lowest BCUT2D eigenvalue weighted by Gasteiger charge is -2.37. The summed E-state index contributed by atoms with van der Waals surface area (Å²) < 4.78 is 5.42. The van der Waals surface area contributed by atoms with Gasteiger partial charge in [-0.15, -0.1) is 0 Å². The summed E-state index contributed by atoms with van der Waals surface area (Å²) in [4.78, 5) is 16.6. The van der Waals surface area contributed by atoms with Crippen molar-refractivity contribution in [2.45, 2.75) is 32.2 Å². The van der Waals surface area contributed by atoms with Crippen LogP contribution in [-0.4, -0.2) is 56.4 Å². The van der Waals surface area contributed by atoms with E-state index in [2.05, 4.69) is 41.4 Å². The van der Waals surface area contributed by atoms with Gasteiger partial charge in [0.05, 0.1) is 12.6 Å². The lowest BCUT2D eigenvalue weighted by molar-refractivity contribution is 0.0705. The minimum atomic E-state index is 0.0569. The van der Waals surface area contributed by atoms with Crippen LogP contribution in [0.1, 0.15) is 25.3 Å². The lowest BCUT2D eigenvalue weighted by atomic mass is 10.1. The molecule has 5 nitrogen and oxygen atoms in total. The molecule has 0 aliphatic carbocycles. The molecular formula is C18H27N3O2. The number of carbonyl (C=O) groups is 1. The van der Waals surface area contributed by atoms with Crippen LogP contribution < -0.4 is 10.2 Å². The number of aryl methyl sites for hydroxylation is 1. The first kappa shape index (κ1) is 16.1. The Balaban J connectivity index is 1.48. The summed E-state index contributed by atoms with van der Waals surface area (Å²) in [7, 11) is 0. The highest BCUT2D eigenvalue weighted by Gasteiger charge is 2.24. The Hall–Kier alpha value is -1.75. The molecule has 2 aliphatic heterocycles. The standard InChI is InChI=1S/C18H27N3O2/c1-2-15-5-7-17(8-6-15)20-9-11-21(12-10-20)18(22)19-16-4-3-13-23-14-16/h5-8,16H,2-4,9-14H2,1H3,(H,19,22)/t16-/m1/s1. The molecule has 2 aliphatic rings. The number of hydrogen-bond acceptors (Lipinski definition) is 3. The van der Waals surface area contributed by atoms with Crippen molar-refractivity contribution in [1.29, 1.82) is 0 Å². The molecule has 2 fully saturated rings. The van der Waals surface area contributed by atoms with Crippen LogP contribution in [0.5, 0.6) is 0 Å². The molecule has 0 radical (unpaired) electrons. The largest absolute Gasteiger partial charge is 0.379 e. The predicted molar refractivity (Wildman–Crippen MR) is 92.0 cm³/mol. The van der Waals surface area contributed by atoms with Crippen molar-refractivity contribution in [1.82, 2.24) is 10.2 Å². The summed E-state index contributed by atoms with van der Waals surface area (Å²) >= 11 is 0. The Labute approximate surface area is 138 Å². The van der Waals surface area contributed by atoms with Crippen molar-refractivity contribution in [3.63, 3.8) is 0 Å². The second-order valence-corrected chi connectivity index (χ2v) is 6.36. The Kier molecular flexibility index (Phi) is 5.39. The van der Waals surface area contributed by atoms with Gasteiger partial charge in [-0.1, -0.05) is 19.1 Å². The molecule has 0 spiro atoms. The second kappa shape index (κ2) is 7.68. The van der Waals surface area contributed by atoms with Crippen LogP contribution in [0.4, 0.5) is 10.5 Å². The van der Waals surface area contributed by atoms with Gasteiger partial charge >= 0.3 is 6.03 Å². The molecule has 1 N–H and O–H groups in total. The Morgan fingerprint density at radius 3 is 2.57 bits per heavy atom. The van der Waals surface area contributed by atoms with Crippen molar-refractivity contribution in [2.24, 2.45) is 0 Å². The first-order chi connectivity index (χ1) is 11.3. The third-order valence-electron chi connectivity index (χ3n) is 4.76. The molecule has 5 heteroatoms. The number of carbonyl (C=O) groups excluding carboxylic acids is 1. The van der Waals surface area contributed by atoms with E-state index in [1.54, 1.807) is 0 Å². The average Bonchev–Trinajstić information content (AvgIpc) is 2.63. The van der Waals surface area contributed by atoms with E-state index in [-0.39, 0.29) is 12.1 Å². The normalized spacial score (nSPS) is 22.0. The summed E-state index contributed by atoms with van der Waals surface area (Å²) in [5.41, 5.74) is 2.62. The van der Waals surface area contributed by atoms with Crippen LogP contribution in [0.3, 0.4) is 0 Å². The summed E-state index contributed by atoms with van der Waals surface area (Å²) in [5, 5.41) is 3.10. The zero-order valence-electron chi connectivity index (χ0n) is 14.0. The molecule has 1 aromatic carbocycles. The van der Waals surface area contributed by atoms with Crippen molar-refractivity contribution in [2.75, 3.05) is 44.3 Å². The number of nitrogens with zero attached hydrogens (tertiary/aromatic N) is 2. The van der Waals surface area contributed by atoms with Crippen LogP contribution in [0.25, 0.3) is 0 Å². The van der Waals surface area contributed by atoms with E-state index < -0.39 is 0 Å². The van der Waals surface area contributed by atoms with Crippen LogP contribution >= 0.6 is 0 Å². The van der Waals surface area contributed by atoms with E-state index in [1.807, 2.05) is 4.90 Å². The van der Waals surface area contributed by atoms with Crippen LogP contribution in [0, 0.1) is 0 Å². The predicted octanol–water partition coefficient (Wildman–Crippen LogP) is 2.26. The maximum atomic E-state index is 12.3. The molecule has 0 bridgehead atoms. The molecule has 1 atom stereocenters. The number of ether oxygens (including phenoxy) is 1. The van der Waals surface area contributed by atoms with Gasteiger partial charge in [0.15, 0.2) is 0 Å². The summed E-state index contributed by atoms with van der Waals surface area (Å²) in [6, 6.07) is 8.99. The molecule has 23 heavy (non-hydrogen) atoms. The maximum Gasteiger partial charge on any atom is 0.317 e. The Morgan fingerprint density at radius 1 is 1.22 bits per heavy atom. The number of urea groups is 1. The maximum absolute atomic E-state index is 12.3. The highest BCUT2D eigenvalue weighted by molar-refractivity contribution is 5.75. The summed E-state index contributed by atoms with van der Waals surface area (Å²) in [6.45, 7) is 6.96. The Bertz CT molecular complexity index is 504. The quantitative estimate of drug-likeness (QED) is 0.930. The fourth-order valence-electron chi connectivity index (χ4n) is 3.23. The van der Waals surface area contributed by atoms with E-state index in [9.17, 15) is 4.79 Å². The first-order valence-electron chi connectivity index (χ1n) is 8.73. The van der Waals surface area contributed by atoms with Crippen molar-refractivity contribution >= 4 is 11.7 Å². The molecular weight excluding hydrogens is 290 g/mol. The van der Waals surface area contributed by atoms with Gasteiger partial charge in [-0.25, -0.2) is 4.79 Å². The number of rotatable bonds is 3. The number of piperazine rings is 1. The van der Waals surface area contributed by atoms with Gasteiger partial charge in [-0.3, -0.25) is 0 Å². The lowest BCUT2D eigenvalue weighted by Crippen LogP contribution is -2.54. The molecule has 0 unspecified atom stereocenters. The third kappa shape index (κ3) is 4.16. The second-order valence-electron chi connectivity index (χ2n) is 6.36. The van der Waals surface area contributed by atoms with Gasteiger partial charge in [0.2, 0.25) is 0 Å². The molecule has 1 aromatic rings. The summed E-state index contributed by atoms with van der Waals surface area (Å²) in [5.74, 6) is 0. The molecule has 126 valence electrons. The minimum absolute atomic E-state index is 0.0569. The monoisotopic (exact) mass is 317 g/mol. The average molecular weight is 317 g/mol. The molecule has 0 saturated carbocycles. The van der Waals surface area contributed by atoms with E-state index in [4.69, 9.17) is 4.74 Å². The van der Waals surface area contributed by atoms with E-state index in [0.29, 0.717) is 6.61 Å². The molecule has 2 heterocycles. The molecule has 0 aromatic heterocycles. The summed E-state index contributed by atoms with van der Waals surface area (Å²) in [6.07, 6.45) is 3.13. The highest BCUT2D eigenvalue weighted by Crippen LogP contribution is 2.18. The smallest absolute Gasteiger partial charge is 0.317 e. The number of benzene rings is 1. The molecule has 2 amide bonds. The van der Waals surface area contributed by atoms with Gasteiger partial charge in [0.1, 0.15) is 0 Å². The first-order valence-corrected chi connectivity index (χ1v) is 8.73. The van der Waals surface area contributed by atoms with Gasteiger partial charge < -0.3 is 19.9 Å². The number of anilines is 1. The SMILES string of the molecule is CCc1ccc(N2CCN(C(=O)N[C@@H]3CCCOC3)CC2)cc1. The van der Waals surface area contributed by atoms with Crippen molar-refractivity contribution in [3.05, 3.63) is 29.8 Å². The van der Waals surface area contributed by atoms with Crippen molar-refractivity contribution < 1.29 is 9.53 Å². The van der Waals surface area contributed by atoms with E-state index >= 15 is 0 Å². The minimum Gasteiger partial charge on any atom is -0.379 e. The van der Waals surface area contributed by atoms with E-state index in [1.165, 1.54) is 11.3 Å². The Morgan fingerprint density at radius 2 is 1.96 bits per heavy atom. The number of hydrogen-bond donors (Lipinski definition) is 1. The van der Waals surface area contributed by atoms with Crippen LogP contribution in [-0.2, 0) is 11.2 Å². The van der Waals surface area contributed by atoms with Gasteiger partial charge in [0.25, 0.3) is 0 Å². The third-order valence-corrected chi connectivity index (χ3v) is 4.76. The van der Waals surface area contributed by atoms with E-state index in [0.717, 1.165) is 52.0 Å². The highest BCUT2D eigenvalue weighted by atomic mass is 16.5. The van der Waals surface area contributed by atoms with Gasteiger partial charge in [-0.2, -0.15) is 0 Å².